The maximum absolute atomic E-state index is 12.5. The summed E-state index contributed by atoms with van der Waals surface area (Å²) in [6.07, 6.45) is 8.14. The van der Waals surface area contributed by atoms with Crippen molar-refractivity contribution in [2.45, 2.75) is 52.1 Å². The first-order valence-electron chi connectivity index (χ1n) is 15.6. The van der Waals surface area contributed by atoms with Gasteiger partial charge in [0.2, 0.25) is 5.91 Å². The molecule has 3 aromatic rings. The molecule has 3 aliphatic rings. The number of benzene rings is 2. The molecule has 10 heteroatoms. The number of amides is 1. The number of aromatic nitrogens is 2. The monoisotopic (exact) mass is 638 g/mol. The molecule has 6 rings (SSSR count). The number of halogens is 1. The van der Waals surface area contributed by atoms with E-state index in [1.165, 1.54) is 37.7 Å². The highest BCUT2D eigenvalue weighted by atomic mass is 35.5. The summed E-state index contributed by atoms with van der Waals surface area (Å²) in [5, 5.41) is 4.77. The maximum atomic E-state index is 12.5. The van der Waals surface area contributed by atoms with Crippen molar-refractivity contribution < 1.29 is 9.53 Å². The van der Waals surface area contributed by atoms with E-state index >= 15 is 0 Å². The quantitative estimate of drug-likeness (QED) is 0.283. The van der Waals surface area contributed by atoms with Crippen molar-refractivity contribution in [1.29, 1.82) is 0 Å². The summed E-state index contributed by atoms with van der Waals surface area (Å²) in [7, 11) is 5.84. The number of hydrogen-bond donors (Lipinski definition) is 0. The number of rotatable bonds is 6. The fourth-order valence-corrected chi connectivity index (χ4v) is 6.59. The number of ether oxygens (including phenoxy) is 1. The molecule has 3 aliphatic heterocycles. The molecule has 1 unspecified atom stereocenters. The number of carbonyl (C=O) groups is 1. The first-order chi connectivity index (χ1) is 21.4. The predicted octanol–water partition coefficient (Wildman–Crippen LogP) is 6.51. The van der Waals surface area contributed by atoms with Crippen LogP contribution >= 0.6 is 23.4 Å². The zero-order valence-electron chi connectivity index (χ0n) is 27.1. The molecule has 0 bridgehead atoms. The average Bonchev–Trinajstić information content (AvgIpc) is 3.76. The maximum Gasteiger partial charge on any atom is 0.318 e. The Labute approximate surface area is 272 Å². The van der Waals surface area contributed by atoms with Crippen molar-refractivity contribution in [2.75, 3.05) is 70.0 Å². The normalized spacial score (nSPS) is 18.0. The van der Waals surface area contributed by atoms with Gasteiger partial charge >= 0.3 is 6.01 Å². The summed E-state index contributed by atoms with van der Waals surface area (Å²) >= 11 is 8.15. The molecular weight excluding hydrogens is 592 g/mol. The number of likely N-dealkylation sites (tertiary alicyclic amines) is 2. The molecular formula is C34H47ClN6O2S. The zero-order valence-corrected chi connectivity index (χ0v) is 28.6. The lowest BCUT2D eigenvalue weighted by atomic mass is 10.0. The lowest BCUT2D eigenvalue weighted by Gasteiger charge is -2.34. The van der Waals surface area contributed by atoms with Crippen molar-refractivity contribution >= 4 is 51.5 Å². The van der Waals surface area contributed by atoms with Crippen LogP contribution in [0.2, 0.25) is 5.02 Å². The highest BCUT2D eigenvalue weighted by molar-refractivity contribution is 8.01. The number of anilines is 2. The number of nitrogens with zero attached hydrogens (tertiary/aromatic N) is 6. The van der Waals surface area contributed by atoms with Crippen LogP contribution in [0.3, 0.4) is 0 Å². The second-order valence-electron chi connectivity index (χ2n) is 11.1. The Kier molecular flexibility index (Phi) is 12.6. The van der Waals surface area contributed by atoms with Gasteiger partial charge in [-0.05, 0) is 75.0 Å². The fraction of sp³-hybridized carbons (Fsp3) is 0.500. The lowest BCUT2D eigenvalue weighted by molar-refractivity contribution is -0.125. The molecule has 8 nitrogen and oxygen atoms in total. The van der Waals surface area contributed by atoms with Crippen LogP contribution in [0.1, 0.15) is 44.4 Å². The molecule has 1 atom stereocenters. The van der Waals surface area contributed by atoms with E-state index in [4.69, 9.17) is 26.3 Å². The minimum Gasteiger partial charge on any atom is -0.467 e. The first-order valence-corrected chi connectivity index (χ1v) is 17.3. The van der Waals surface area contributed by atoms with Gasteiger partial charge in [-0.1, -0.05) is 49.7 Å². The van der Waals surface area contributed by atoms with Gasteiger partial charge in [0.15, 0.2) is 0 Å². The number of likely N-dealkylation sites (N-methyl/N-ethyl adjacent to an activating group) is 1. The van der Waals surface area contributed by atoms with E-state index in [-0.39, 0.29) is 11.9 Å². The standard InChI is InChI=1S/C27H30ClN5O2S.C5H11N.C2H6/c1-31(19-10-13-33(16-19)24(34)12-15-36-3)26-20-11-14-32(17-22(20)29-27(30-26)35-2)23-9-5-7-18-6-4-8-21(28)25(18)23;1-6-4-2-3-5-6;1-2/h4-9,12,15,19H,10-11,13-14,16-17H2,1-3H3;2-5H2,1H3;1-2H3/b15-12+;;. The van der Waals surface area contributed by atoms with E-state index in [0.717, 1.165) is 64.5 Å². The summed E-state index contributed by atoms with van der Waals surface area (Å²) in [5.41, 5.74) is 3.22. The van der Waals surface area contributed by atoms with E-state index in [1.54, 1.807) is 13.2 Å². The Hall–Kier alpha value is -3.01. The first kappa shape index (κ1) is 33.9. The van der Waals surface area contributed by atoms with Crippen LogP contribution < -0.4 is 14.5 Å². The molecule has 44 heavy (non-hydrogen) atoms. The van der Waals surface area contributed by atoms with Gasteiger partial charge in [0.05, 0.1) is 24.4 Å². The van der Waals surface area contributed by atoms with Crippen LogP contribution in [0.4, 0.5) is 11.5 Å². The van der Waals surface area contributed by atoms with Crippen LogP contribution in [-0.2, 0) is 17.8 Å². The second-order valence-corrected chi connectivity index (χ2v) is 12.3. The third-order valence-electron chi connectivity index (χ3n) is 8.41. The van der Waals surface area contributed by atoms with Crippen LogP contribution in [0.5, 0.6) is 6.01 Å². The number of methoxy groups -OCH3 is 1. The Morgan fingerprint density at radius 1 is 1.09 bits per heavy atom. The number of thioether (sulfide) groups is 1. The summed E-state index contributed by atoms with van der Waals surface area (Å²) in [6.45, 7) is 9.54. The zero-order chi connectivity index (χ0) is 31.6. The van der Waals surface area contributed by atoms with Crippen molar-refractivity contribution in [3.05, 3.63) is 64.2 Å². The average molecular weight is 639 g/mol. The summed E-state index contributed by atoms with van der Waals surface area (Å²) < 4.78 is 5.50. The molecule has 4 heterocycles. The molecule has 0 N–H and O–H groups in total. The molecule has 1 amide bonds. The highest BCUT2D eigenvalue weighted by Gasteiger charge is 2.32. The molecule has 0 saturated carbocycles. The Balaban J connectivity index is 0.000000487. The van der Waals surface area contributed by atoms with Crippen LogP contribution in [0.25, 0.3) is 10.8 Å². The third-order valence-corrected chi connectivity index (χ3v) is 9.13. The van der Waals surface area contributed by atoms with Gasteiger partial charge in [-0.2, -0.15) is 9.97 Å². The van der Waals surface area contributed by atoms with Gasteiger partial charge in [-0.3, -0.25) is 4.79 Å². The van der Waals surface area contributed by atoms with Gasteiger partial charge in [0.25, 0.3) is 0 Å². The van der Waals surface area contributed by atoms with E-state index < -0.39 is 0 Å². The molecule has 2 aromatic carbocycles. The second kappa shape index (κ2) is 16.3. The van der Waals surface area contributed by atoms with Crippen molar-refractivity contribution in [1.82, 2.24) is 19.8 Å². The number of fused-ring (bicyclic) bond motifs is 2. The van der Waals surface area contributed by atoms with Gasteiger partial charge in [-0.25, -0.2) is 0 Å². The predicted molar refractivity (Wildman–Crippen MR) is 186 cm³/mol. The van der Waals surface area contributed by atoms with Crippen LogP contribution in [0.15, 0.2) is 47.9 Å². The Bertz CT molecular complexity index is 1430. The van der Waals surface area contributed by atoms with Crippen molar-refractivity contribution in [3.63, 3.8) is 0 Å². The summed E-state index contributed by atoms with van der Waals surface area (Å²) in [5.74, 6) is 0.957. The number of carbonyl (C=O) groups excluding carboxylic acids is 1. The van der Waals surface area contributed by atoms with Crippen molar-refractivity contribution in [2.24, 2.45) is 0 Å². The fourth-order valence-electron chi connectivity index (χ4n) is 6.05. The summed E-state index contributed by atoms with van der Waals surface area (Å²) in [4.78, 5) is 30.8. The van der Waals surface area contributed by atoms with E-state index in [9.17, 15) is 4.79 Å². The minimum atomic E-state index is 0.0620. The van der Waals surface area contributed by atoms with Crippen LogP contribution in [0, 0.1) is 0 Å². The topological polar surface area (TPSA) is 65.0 Å². The SMILES string of the molecule is CC.CN1CCCC1.COc1nc2c(c(N(C)C3CCN(C(=O)/C=C/SC)C3)n1)CCN(c1cccc3cccc(Cl)c13)C2. The van der Waals surface area contributed by atoms with Crippen molar-refractivity contribution in [3.8, 4) is 6.01 Å². The largest absolute Gasteiger partial charge is 0.467 e. The lowest BCUT2D eigenvalue weighted by Crippen LogP contribution is -2.39. The van der Waals surface area contributed by atoms with Gasteiger partial charge in [-0.15, -0.1) is 11.8 Å². The van der Waals surface area contributed by atoms with Gasteiger partial charge < -0.3 is 24.3 Å². The Morgan fingerprint density at radius 3 is 2.48 bits per heavy atom. The van der Waals surface area contributed by atoms with E-state index in [2.05, 4.69) is 53.1 Å². The third kappa shape index (κ3) is 7.98. The summed E-state index contributed by atoms with van der Waals surface area (Å²) in [6, 6.07) is 12.9. The molecule has 0 spiro atoms. The molecule has 238 valence electrons. The number of hydrogen-bond acceptors (Lipinski definition) is 8. The van der Waals surface area contributed by atoms with Crippen LogP contribution in [-0.4, -0.2) is 91.9 Å². The Morgan fingerprint density at radius 2 is 1.82 bits per heavy atom. The smallest absolute Gasteiger partial charge is 0.318 e. The molecule has 2 saturated heterocycles. The minimum absolute atomic E-state index is 0.0620. The molecule has 2 fully saturated rings. The molecule has 1 aromatic heterocycles. The highest BCUT2D eigenvalue weighted by Crippen LogP contribution is 2.37. The van der Waals surface area contributed by atoms with E-state index in [1.807, 2.05) is 42.5 Å². The molecule has 0 radical (unpaired) electrons. The molecule has 0 aliphatic carbocycles. The van der Waals surface area contributed by atoms with E-state index in [0.29, 0.717) is 19.1 Å². The van der Waals surface area contributed by atoms with Gasteiger partial charge in [0.1, 0.15) is 5.82 Å². The van der Waals surface area contributed by atoms with Gasteiger partial charge in [0, 0.05) is 55.4 Å².